The van der Waals surface area contributed by atoms with Crippen LogP contribution < -0.4 is 0 Å². The van der Waals surface area contributed by atoms with Gasteiger partial charge in [0.1, 0.15) is 5.82 Å². The fourth-order valence-corrected chi connectivity index (χ4v) is 4.45. The van der Waals surface area contributed by atoms with Crippen molar-refractivity contribution in [1.82, 2.24) is 19.9 Å². The average Bonchev–Trinajstić information content (AvgIpc) is 3.45. The van der Waals surface area contributed by atoms with E-state index in [2.05, 4.69) is 68.9 Å². The van der Waals surface area contributed by atoms with Crippen molar-refractivity contribution in [2.75, 3.05) is 0 Å². The van der Waals surface area contributed by atoms with Crippen LogP contribution in [0.2, 0.25) is 0 Å². The molecule has 132 valence electrons. The molecule has 4 heterocycles. The summed E-state index contributed by atoms with van der Waals surface area (Å²) in [6.07, 6.45) is 3.61. The number of imidazole rings is 1. The Hall–Kier alpha value is -3.57. The Kier molecular flexibility index (Phi) is 3.30. The van der Waals surface area contributed by atoms with E-state index in [0.29, 0.717) is 0 Å². The van der Waals surface area contributed by atoms with E-state index in [0.717, 1.165) is 44.2 Å². The quantitative estimate of drug-likeness (QED) is 0.373. The first kappa shape index (κ1) is 15.5. The van der Waals surface area contributed by atoms with Crippen LogP contribution >= 0.6 is 11.3 Å². The number of hydrogen-bond donors (Lipinski definition) is 1. The van der Waals surface area contributed by atoms with Gasteiger partial charge in [-0.3, -0.25) is 9.97 Å². The number of nitrogens with zero attached hydrogens (tertiary/aromatic N) is 3. The number of nitrogens with one attached hydrogen (secondary N) is 1. The second-order valence-electron chi connectivity index (χ2n) is 6.66. The number of hydrogen-bond acceptors (Lipinski definition) is 4. The van der Waals surface area contributed by atoms with Crippen molar-refractivity contribution in [2.24, 2.45) is 0 Å². The largest absolute Gasteiger partial charge is 0.337 e. The Morgan fingerprint density at radius 1 is 0.679 bits per heavy atom. The van der Waals surface area contributed by atoms with E-state index < -0.39 is 0 Å². The molecule has 4 nitrogen and oxygen atoms in total. The molecule has 1 N–H and O–H groups in total. The molecule has 0 aliphatic carbocycles. The van der Waals surface area contributed by atoms with Crippen LogP contribution in [0.5, 0.6) is 0 Å². The van der Waals surface area contributed by atoms with E-state index in [-0.39, 0.29) is 0 Å². The van der Waals surface area contributed by atoms with Gasteiger partial charge in [-0.1, -0.05) is 30.3 Å². The van der Waals surface area contributed by atoms with Crippen LogP contribution in [-0.4, -0.2) is 19.9 Å². The third-order valence-corrected chi connectivity index (χ3v) is 5.95. The monoisotopic (exact) mass is 378 g/mol. The number of aromatic amines is 1. The smallest absolute Gasteiger partial charge is 0.138 e. The van der Waals surface area contributed by atoms with Crippen LogP contribution in [0.15, 0.2) is 78.4 Å². The van der Waals surface area contributed by atoms with Crippen molar-refractivity contribution in [1.29, 1.82) is 0 Å². The van der Waals surface area contributed by atoms with Gasteiger partial charge in [-0.25, -0.2) is 4.98 Å². The molecule has 0 spiro atoms. The minimum atomic E-state index is 0.856. The molecule has 0 fully saturated rings. The van der Waals surface area contributed by atoms with Gasteiger partial charge in [-0.15, -0.1) is 11.3 Å². The molecule has 2 aromatic carbocycles. The number of aromatic nitrogens is 4. The van der Waals surface area contributed by atoms with Crippen molar-refractivity contribution in [3.63, 3.8) is 0 Å². The first-order chi connectivity index (χ1) is 13.9. The lowest BCUT2D eigenvalue weighted by molar-refractivity contribution is 1.34. The summed E-state index contributed by atoms with van der Waals surface area (Å²) in [4.78, 5) is 18.9. The molecule has 28 heavy (non-hydrogen) atoms. The SMILES string of the molecule is c1csc(-c2ccc(-c3nc4c5cccnc5c5ncccc5c4[nH]3)cc2)c1. The van der Waals surface area contributed by atoms with Gasteiger partial charge < -0.3 is 4.98 Å². The molecule has 0 atom stereocenters. The highest BCUT2D eigenvalue weighted by atomic mass is 32.1. The third-order valence-electron chi connectivity index (χ3n) is 5.03. The number of benzene rings is 2. The second-order valence-corrected chi connectivity index (χ2v) is 7.61. The summed E-state index contributed by atoms with van der Waals surface area (Å²) in [5.41, 5.74) is 6.00. The predicted octanol–water partition coefficient (Wildman–Crippen LogP) is 6.05. The molecule has 0 saturated carbocycles. The summed E-state index contributed by atoms with van der Waals surface area (Å²) in [6.45, 7) is 0. The third kappa shape index (κ3) is 2.27. The first-order valence-electron chi connectivity index (χ1n) is 9.04. The maximum atomic E-state index is 4.93. The van der Waals surface area contributed by atoms with Crippen molar-refractivity contribution < 1.29 is 0 Å². The zero-order valence-corrected chi connectivity index (χ0v) is 15.6. The molecule has 6 aromatic rings. The van der Waals surface area contributed by atoms with E-state index in [1.807, 2.05) is 18.3 Å². The molecule has 0 amide bonds. The lowest BCUT2D eigenvalue weighted by atomic mass is 10.1. The topological polar surface area (TPSA) is 54.5 Å². The van der Waals surface area contributed by atoms with E-state index >= 15 is 0 Å². The molecule has 4 aromatic heterocycles. The Bertz CT molecular complexity index is 1370. The van der Waals surface area contributed by atoms with Gasteiger partial charge in [0.05, 0.1) is 22.1 Å². The van der Waals surface area contributed by atoms with Gasteiger partial charge in [0, 0.05) is 33.6 Å². The number of pyridine rings is 2. The number of rotatable bonds is 2. The highest BCUT2D eigenvalue weighted by Crippen LogP contribution is 2.34. The van der Waals surface area contributed by atoms with E-state index in [1.54, 1.807) is 17.5 Å². The van der Waals surface area contributed by atoms with Gasteiger partial charge in [0.2, 0.25) is 0 Å². The number of fused-ring (bicyclic) bond motifs is 6. The predicted molar refractivity (Wildman–Crippen MR) is 115 cm³/mol. The maximum Gasteiger partial charge on any atom is 0.138 e. The van der Waals surface area contributed by atoms with E-state index in [9.17, 15) is 0 Å². The normalized spacial score (nSPS) is 11.6. The minimum Gasteiger partial charge on any atom is -0.337 e. The Balaban J connectivity index is 1.59. The summed E-state index contributed by atoms with van der Waals surface area (Å²) in [6, 6.07) is 20.8. The Morgan fingerprint density at radius 2 is 1.39 bits per heavy atom. The lowest BCUT2D eigenvalue weighted by Gasteiger charge is -2.03. The second kappa shape index (κ2) is 5.97. The van der Waals surface area contributed by atoms with E-state index in [4.69, 9.17) is 4.98 Å². The maximum absolute atomic E-state index is 4.93. The van der Waals surface area contributed by atoms with Gasteiger partial charge in [-0.05, 0) is 41.3 Å². The Morgan fingerprint density at radius 3 is 2.14 bits per heavy atom. The van der Waals surface area contributed by atoms with Gasteiger partial charge >= 0.3 is 0 Å². The molecular weight excluding hydrogens is 364 g/mol. The van der Waals surface area contributed by atoms with Gasteiger partial charge in [0.25, 0.3) is 0 Å². The number of H-pyrrole nitrogens is 1. The summed E-state index contributed by atoms with van der Waals surface area (Å²) < 4.78 is 0. The fourth-order valence-electron chi connectivity index (χ4n) is 3.72. The average molecular weight is 378 g/mol. The Labute approximate surface area is 164 Å². The molecule has 0 radical (unpaired) electrons. The van der Waals surface area contributed by atoms with E-state index in [1.165, 1.54) is 10.4 Å². The van der Waals surface area contributed by atoms with Crippen molar-refractivity contribution >= 4 is 44.2 Å². The summed E-state index contributed by atoms with van der Waals surface area (Å²) in [5, 5.41) is 4.15. The number of thiophene rings is 1. The van der Waals surface area contributed by atoms with Crippen molar-refractivity contribution in [3.8, 4) is 21.8 Å². The molecule has 0 saturated heterocycles. The molecule has 0 unspecified atom stereocenters. The van der Waals surface area contributed by atoms with Crippen LogP contribution in [0.4, 0.5) is 0 Å². The van der Waals surface area contributed by atoms with Crippen LogP contribution in [0.1, 0.15) is 0 Å². The highest BCUT2D eigenvalue weighted by Gasteiger charge is 2.15. The van der Waals surface area contributed by atoms with Crippen LogP contribution in [0.3, 0.4) is 0 Å². The van der Waals surface area contributed by atoms with Crippen LogP contribution in [-0.2, 0) is 0 Å². The molecule has 0 aliphatic rings. The standard InChI is InChI=1S/C23H14N4S/c1-4-16-19(24-11-1)20-17(5-2-12-25-20)22-21(16)26-23(27-22)15-9-7-14(8-10-15)18-6-3-13-28-18/h1-13H,(H,26,27). The summed E-state index contributed by atoms with van der Waals surface area (Å²) in [7, 11) is 0. The minimum absolute atomic E-state index is 0.856. The molecule has 5 heteroatoms. The first-order valence-corrected chi connectivity index (χ1v) is 9.92. The van der Waals surface area contributed by atoms with Crippen molar-refractivity contribution in [3.05, 3.63) is 78.4 Å². The molecule has 6 rings (SSSR count). The molecule has 0 aliphatic heterocycles. The lowest BCUT2D eigenvalue weighted by Crippen LogP contribution is -1.86. The van der Waals surface area contributed by atoms with Crippen LogP contribution in [0.25, 0.3) is 54.7 Å². The summed E-state index contributed by atoms with van der Waals surface area (Å²) in [5.74, 6) is 0.856. The zero-order chi connectivity index (χ0) is 18.5. The highest BCUT2D eigenvalue weighted by molar-refractivity contribution is 7.13. The molecule has 0 bridgehead atoms. The van der Waals surface area contributed by atoms with Crippen molar-refractivity contribution in [2.45, 2.75) is 0 Å². The fraction of sp³-hybridized carbons (Fsp3) is 0. The van der Waals surface area contributed by atoms with Crippen LogP contribution in [0, 0.1) is 0 Å². The summed E-state index contributed by atoms with van der Waals surface area (Å²) >= 11 is 1.75. The molecular formula is C23H14N4S. The zero-order valence-electron chi connectivity index (χ0n) is 14.8. The van der Waals surface area contributed by atoms with Gasteiger partial charge in [0.15, 0.2) is 0 Å². The van der Waals surface area contributed by atoms with Gasteiger partial charge in [-0.2, -0.15) is 0 Å².